The molecule has 2 saturated carbocycles. The molecule has 2 bridgehead atoms. The summed E-state index contributed by atoms with van der Waals surface area (Å²) in [6.07, 6.45) is 9.62. The Morgan fingerprint density at radius 3 is 2.00 bits per heavy atom. The number of hydrogen-bond acceptors (Lipinski definition) is 1. The van der Waals surface area contributed by atoms with Crippen LogP contribution in [0.2, 0.25) is 18.6 Å². The third kappa shape index (κ3) is 2.03. The minimum absolute atomic E-state index is 0.240. The third-order valence-electron chi connectivity index (χ3n) is 4.89. The van der Waals surface area contributed by atoms with Gasteiger partial charge in [-0.05, 0) is 63.0 Å². The number of hydrogen-bond donors (Lipinski definition) is 1. The van der Waals surface area contributed by atoms with Crippen LogP contribution in [-0.4, -0.2) is 13.8 Å². The zero-order valence-electron chi connectivity index (χ0n) is 12.5. The van der Waals surface area contributed by atoms with Gasteiger partial charge in [-0.2, -0.15) is 0 Å². The van der Waals surface area contributed by atoms with Gasteiger partial charge in [-0.1, -0.05) is 25.2 Å². The van der Waals surface area contributed by atoms with Gasteiger partial charge in [0.2, 0.25) is 0 Å². The van der Waals surface area contributed by atoms with Crippen LogP contribution in [0.3, 0.4) is 0 Å². The van der Waals surface area contributed by atoms with Crippen LogP contribution >= 0.6 is 0 Å². The van der Waals surface area contributed by atoms with Crippen molar-refractivity contribution < 1.29 is 0 Å². The molecule has 2 heteroatoms. The highest BCUT2D eigenvalue weighted by Crippen LogP contribution is 2.56. The van der Waals surface area contributed by atoms with Crippen LogP contribution in [0, 0.1) is 11.8 Å². The molecule has 0 saturated heterocycles. The Morgan fingerprint density at radius 2 is 1.56 bits per heavy atom. The first-order valence-corrected chi connectivity index (χ1v) is 10.6. The van der Waals surface area contributed by atoms with Gasteiger partial charge in [0, 0.05) is 11.1 Å². The highest BCUT2D eigenvalue weighted by Gasteiger charge is 2.45. The Kier molecular flexibility index (Phi) is 2.70. The Labute approximate surface area is 113 Å². The average Bonchev–Trinajstić information content (AvgIpc) is 2.86. The molecule has 18 heavy (non-hydrogen) atoms. The van der Waals surface area contributed by atoms with Gasteiger partial charge in [0.1, 0.15) is 8.24 Å². The lowest BCUT2D eigenvalue weighted by Gasteiger charge is -2.36. The Balaban J connectivity index is 1.82. The first kappa shape index (κ1) is 12.7. The number of rotatable bonds is 2. The highest BCUT2D eigenvalue weighted by molar-refractivity contribution is 6.77. The first-order valence-electron chi connectivity index (χ1n) is 7.49. The van der Waals surface area contributed by atoms with Gasteiger partial charge in [0.15, 0.2) is 0 Å². The zero-order chi connectivity index (χ0) is 13.1. The van der Waals surface area contributed by atoms with E-state index >= 15 is 0 Å². The molecule has 1 N–H and O–H groups in total. The van der Waals surface area contributed by atoms with Crippen molar-refractivity contribution in [2.45, 2.75) is 64.2 Å². The number of allylic oxidation sites excluding steroid dienone is 4. The van der Waals surface area contributed by atoms with Gasteiger partial charge < -0.3 is 4.98 Å². The van der Waals surface area contributed by atoms with E-state index in [1.807, 2.05) is 0 Å². The topological polar surface area (TPSA) is 12.0 Å². The molecule has 100 valence electrons. The van der Waals surface area contributed by atoms with Crippen LogP contribution in [0.4, 0.5) is 0 Å². The lowest BCUT2D eigenvalue weighted by molar-refractivity contribution is 0.510. The van der Waals surface area contributed by atoms with Crippen molar-refractivity contribution in [2.75, 3.05) is 0 Å². The minimum atomic E-state index is -1.41. The van der Waals surface area contributed by atoms with E-state index in [0.717, 1.165) is 11.8 Å². The zero-order valence-corrected chi connectivity index (χ0v) is 13.5. The molecule has 3 aliphatic rings. The fourth-order valence-electron chi connectivity index (χ4n) is 4.38. The maximum Gasteiger partial charge on any atom is 0.130 e. The summed E-state index contributed by atoms with van der Waals surface area (Å²) in [6.45, 7) is 11.9. The van der Waals surface area contributed by atoms with Gasteiger partial charge in [-0.3, -0.25) is 0 Å². The molecule has 0 radical (unpaired) electrons. The standard InChI is InChI=1S/C16H27NSi/c1-16(2,3)17-18(4,5)13-9-14-11-6-7-12(8-11)15(14)10-13/h9-13,17H,6-8H2,1-5H3. The van der Waals surface area contributed by atoms with Crippen molar-refractivity contribution in [1.82, 2.24) is 4.98 Å². The third-order valence-corrected chi connectivity index (χ3v) is 8.29. The van der Waals surface area contributed by atoms with E-state index in [0.29, 0.717) is 5.54 Å². The molecule has 0 spiro atoms. The molecule has 0 aliphatic heterocycles. The predicted molar refractivity (Wildman–Crippen MR) is 81.1 cm³/mol. The van der Waals surface area contributed by atoms with Crippen LogP contribution in [0.1, 0.15) is 40.0 Å². The smallest absolute Gasteiger partial charge is 0.130 e. The summed E-state index contributed by atoms with van der Waals surface area (Å²) in [5, 5.41) is 0. The second kappa shape index (κ2) is 3.83. The predicted octanol–water partition coefficient (Wildman–Crippen LogP) is 4.25. The maximum atomic E-state index is 3.93. The summed E-state index contributed by atoms with van der Waals surface area (Å²) in [5.41, 5.74) is 4.44. The van der Waals surface area contributed by atoms with Gasteiger partial charge in [0.05, 0.1) is 0 Å². The average molecular weight is 261 g/mol. The van der Waals surface area contributed by atoms with Gasteiger partial charge in [-0.15, -0.1) is 0 Å². The first-order chi connectivity index (χ1) is 8.26. The van der Waals surface area contributed by atoms with Gasteiger partial charge in [0.25, 0.3) is 0 Å². The molecule has 0 amide bonds. The summed E-state index contributed by atoms with van der Waals surface area (Å²) in [7, 11) is -1.41. The van der Waals surface area contributed by atoms with E-state index in [1.165, 1.54) is 19.3 Å². The molecule has 2 atom stereocenters. The van der Waals surface area contributed by atoms with Crippen molar-refractivity contribution in [3.05, 3.63) is 23.3 Å². The summed E-state index contributed by atoms with van der Waals surface area (Å²) in [5.74, 6) is 1.84. The summed E-state index contributed by atoms with van der Waals surface area (Å²) >= 11 is 0. The fraction of sp³-hybridized carbons (Fsp3) is 0.750. The second-order valence-corrected chi connectivity index (χ2v) is 12.4. The van der Waals surface area contributed by atoms with Crippen LogP contribution in [0.25, 0.3) is 0 Å². The molecule has 0 heterocycles. The molecule has 0 aromatic rings. The molecule has 3 aliphatic carbocycles. The molecule has 1 nitrogen and oxygen atoms in total. The highest BCUT2D eigenvalue weighted by atomic mass is 28.3. The second-order valence-electron chi connectivity index (χ2n) is 8.07. The Hall–Kier alpha value is -0.343. The van der Waals surface area contributed by atoms with Crippen molar-refractivity contribution >= 4 is 8.24 Å². The van der Waals surface area contributed by atoms with Crippen LogP contribution in [0.15, 0.2) is 23.3 Å². The molecular weight excluding hydrogens is 234 g/mol. The van der Waals surface area contributed by atoms with Gasteiger partial charge in [-0.25, -0.2) is 0 Å². The van der Waals surface area contributed by atoms with Crippen molar-refractivity contribution in [3.8, 4) is 0 Å². The van der Waals surface area contributed by atoms with E-state index in [1.54, 1.807) is 11.1 Å². The quantitative estimate of drug-likeness (QED) is 0.733. The van der Waals surface area contributed by atoms with E-state index < -0.39 is 8.24 Å². The van der Waals surface area contributed by atoms with E-state index in [9.17, 15) is 0 Å². The molecule has 0 aromatic carbocycles. The minimum Gasteiger partial charge on any atom is -0.332 e. The maximum absolute atomic E-state index is 3.93. The Bertz CT molecular complexity index is 399. The molecule has 0 aromatic heterocycles. The molecule has 2 fully saturated rings. The lowest BCUT2D eigenvalue weighted by atomic mass is 9.92. The lowest BCUT2D eigenvalue weighted by Crippen LogP contribution is -2.56. The van der Waals surface area contributed by atoms with E-state index in [2.05, 4.69) is 51.0 Å². The Morgan fingerprint density at radius 1 is 1.06 bits per heavy atom. The van der Waals surface area contributed by atoms with E-state index in [4.69, 9.17) is 0 Å². The summed E-state index contributed by atoms with van der Waals surface area (Å²) in [4.78, 5) is 3.93. The fourth-order valence-corrected chi connectivity index (χ4v) is 7.68. The van der Waals surface area contributed by atoms with Crippen LogP contribution in [-0.2, 0) is 0 Å². The molecular formula is C16H27NSi. The van der Waals surface area contributed by atoms with Crippen LogP contribution < -0.4 is 4.98 Å². The molecule has 2 unspecified atom stereocenters. The summed E-state index contributed by atoms with van der Waals surface area (Å²) < 4.78 is 0. The van der Waals surface area contributed by atoms with E-state index in [-0.39, 0.29) is 5.54 Å². The van der Waals surface area contributed by atoms with Crippen LogP contribution in [0.5, 0.6) is 0 Å². The van der Waals surface area contributed by atoms with Crippen molar-refractivity contribution in [3.63, 3.8) is 0 Å². The largest absolute Gasteiger partial charge is 0.332 e. The van der Waals surface area contributed by atoms with Gasteiger partial charge >= 0.3 is 0 Å². The summed E-state index contributed by atoms with van der Waals surface area (Å²) in [6, 6.07) is 0. The van der Waals surface area contributed by atoms with Crippen molar-refractivity contribution in [2.24, 2.45) is 11.8 Å². The van der Waals surface area contributed by atoms with Crippen molar-refractivity contribution in [1.29, 1.82) is 0 Å². The molecule has 3 rings (SSSR count). The monoisotopic (exact) mass is 261 g/mol. The normalized spacial score (nSPS) is 34.6. The number of fused-ring (bicyclic) bond motifs is 5. The SMILES string of the molecule is CC(C)(C)N[Si](C)(C)C1C=C2C(=C1)C1CCC2C1. The number of nitrogens with one attached hydrogen (secondary N) is 1.